The Kier molecular flexibility index (Phi) is 2.54. The first-order chi connectivity index (χ1) is 10.0. The maximum absolute atomic E-state index is 12.2. The molecule has 3 unspecified atom stereocenters. The highest BCUT2D eigenvalue weighted by Crippen LogP contribution is 2.58. The van der Waals surface area contributed by atoms with E-state index in [-0.39, 0.29) is 16.9 Å². The molecule has 0 saturated heterocycles. The summed E-state index contributed by atoms with van der Waals surface area (Å²) in [6, 6.07) is 3.53. The number of ketones is 1. The number of phenols is 2. The van der Waals surface area contributed by atoms with Crippen molar-refractivity contribution in [1.29, 1.82) is 0 Å². The Labute approximate surface area is 124 Å². The molecule has 3 aliphatic rings. The van der Waals surface area contributed by atoms with Crippen LogP contribution in [-0.2, 0) is 11.2 Å². The summed E-state index contributed by atoms with van der Waals surface area (Å²) in [5.74, 6) is 1.09. The number of benzene rings is 1. The van der Waals surface area contributed by atoms with Crippen LogP contribution in [0.2, 0.25) is 0 Å². The number of phenolic OH excluding ortho intramolecular Hbond substituents is 2. The summed E-state index contributed by atoms with van der Waals surface area (Å²) in [6.07, 6.45) is 6.42. The van der Waals surface area contributed by atoms with Gasteiger partial charge in [-0.3, -0.25) is 4.79 Å². The fraction of sp³-hybridized carbons (Fsp3) is 0.500. The fourth-order valence-electron chi connectivity index (χ4n) is 4.80. The molecule has 3 atom stereocenters. The fourth-order valence-corrected chi connectivity index (χ4v) is 4.80. The van der Waals surface area contributed by atoms with E-state index < -0.39 is 0 Å². The van der Waals surface area contributed by atoms with Gasteiger partial charge in [0, 0.05) is 23.3 Å². The van der Waals surface area contributed by atoms with Gasteiger partial charge in [0.15, 0.2) is 11.5 Å². The molecule has 3 nitrogen and oxygen atoms in total. The molecular formula is C18H20O3. The Hall–Kier alpha value is -1.77. The maximum atomic E-state index is 12.2. The topological polar surface area (TPSA) is 57.5 Å². The van der Waals surface area contributed by atoms with Gasteiger partial charge in [-0.15, -0.1) is 0 Å². The smallest absolute Gasteiger partial charge is 0.161 e. The average molecular weight is 284 g/mol. The van der Waals surface area contributed by atoms with E-state index in [9.17, 15) is 15.0 Å². The molecule has 0 heterocycles. The van der Waals surface area contributed by atoms with Crippen molar-refractivity contribution in [2.45, 2.75) is 44.9 Å². The first-order valence-electron chi connectivity index (χ1n) is 7.79. The zero-order valence-electron chi connectivity index (χ0n) is 12.2. The van der Waals surface area contributed by atoms with Gasteiger partial charge < -0.3 is 10.2 Å². The van der Waals surface area contributed by atoms with Gasteiger partial charge in [-0.2, -0.15) is 0 Å². The SMILES string of the molecule is CC12CCC3C(=CCc4c3ccc(O)c4O)C1CCC2=O. The molecule has 1 aromatic rings. The van der Waals surface area contributed by atoms with Gasteiger partial charge in [-0.1, -0.05) is 24.6 Å². The van der Waals surface area contributed by atoms with Crippen LogP contribution in [0.15, 0.2) is 23.8 Å². The third-order valence-electron chi connectivity index (χ3n) is 6.04. The van der Waals surface area contributed by atoms with Crippen LogP contribution < -0.4 is 0 Å². The minimum Gasteiger partial charge on any atom is -0.504 e. The van der Waals surface area contributed by atoms with E-state index >= 15 is 0 Å². The number of carbonyl (C=O) groups is 1. The van der Waals surface area contributed by atoms with Crippen molar-refractivity contribution in [2.24, 2.45) is 11.3 Å². The lowest BCUT2D eigenvalue weighted by molar-refractivity contribution is -0.126. The number of Topliss-reactive ketones (excluding diaryl/α,β-unsaturated/α-hetero) is 1. The van der Waals surface area contributed by atoms with Crippen molar-refractivity contribution >= 4 is 5.78 Å². The van der Waals surface area contributed by atoms with Crippen molar-refractivity contribution in [1.82, 2.24) is 0 Å². The van der Waals surface area contributed by atoms with Crippen LogP contribution in [0.5, 0.6) is 11.5 Å². The van der Waals surface area contributed by atoms with Crippen molar-refractivity contribution in [3.8, 4) is 11.5 Å². The van der Waals surface area contributed by atoms with E-state index in [0.29, 0.717) is 30.5 Å². The lowest BCUT2D eigenvalue weighted by Gasteiger charge is -2.43. The number of carbonyl (C=O) groups excluding carboxylic acids is 1. The van der Waals surface area contributed by atoms with Crippen molar-refractivity contribution in [3.05, 3.63) is 34.9 Å². The highest BCUT2D eigenvalue weighted by atomic mass is 16.3. The van der Waals surface area contributed by atoms with Gasteiger partial charge in [-0.25, -0.2) is 0 Å². The highest BCUT2D eigenvalue weighted by molar-refractivity contribution is 5.88. The average Bonchev–Trinajstić information content (AvgIpc) is 2.78. The number of allylic oxidation sites excluding steroid dienone is 2. The Morgan fingerprint density at radius 3 is 2.86 bits per heavy atom. The third-order valence-corrected chi connectivity index (χ3v) is 6.04. The van der Waals surface area contributed by atoms with Crippen LogP contribution in [0.4, 0.5) is 0 Å². The van der Waals surface area contributed by atoms with Crippen LogP contribution in [0.1, 0.15) is 49.7 Å². The molecule has 0 aliphatic heterocycles. The van der Waals surface area contributed by atoms with Crippen LogP contribution in [-0.4, -0.2) is 16.0 Å². The van der Waals surface area contributed by atoms with E-state index in [1.807, 2.05) is 6.07 Å². The lowest BCUT2D eigenvalue weighted by Crippen LogP contribution is -2.37. The molecule has 0 aromatic heterocycles. The minimum atomic E-state index is -0.168. The summed E-state index contributed by atoms with van der Waals surface area (Å²) < 4.78 is 0. The zero-order valence-corrected chi connectivity index (χ0v) is 12.2. The van der Waals surface area contributed by atoms with E-state index in [1.54, 1.807) is 6.07 Å². The Balaban J connectivity index is 1.80. The first kappa shape index (κ1) is 12.9. The van der Waals surface area contributed by atoms with Crippen LogP contribution in [0.25, 0.3) is 0 Å². The molecule has 21 heavy (non-hydrogen) atoms. The number of aromatic hydroxyl groups is 2. The molecule has 2 saturated carbocycles. The Bertz CT molecular complexity index is 673. The van der Waals surface area contributed by atoms with Gasteiger partial charge >= 0.3 is 0 Å². The predicted octanol–water partition coefficient (Wildman–Crippen LogP) is 3.44. The van der Waals surface area contributed by atoms with Crippen LogP contribution >= 0.6 is 0 Å². The lowest BCUT2D eigenvalue weighted by atomic mass is 9.60. The van der Waals surface area contributed by atoms with Crippen molar-refractivity contribution in [2.75, 3.05) is 0 Å². The second kappa shape index (κ2) is 4.12. The van der Waals surface area contributed by atoms with Gasteiger partial charge in [-0.05, 0) is 43.2 Å². The van der Waals surface area contributed by atoms with Crippen molar-refractivity contribution in [3.63, 3.8) is 0 Å². The summed E-state index contributed by atoms with van der Waals surface area (Å²) in [5.41, 5.74) is 3.23. The molecule has 2 fully saturated rings. The van der Waals surface area contributed by atoms with E-state index in [1.165, 1.54) is 5.57 Å². The number of hydrogen-bond donors (Lipinski definition) is 2. The van der Waals surface area contributed by atoms with Gasteiger partial charge in [0.05, 0.1) is 0 Å². The van der Waals surface area contributed by atoms with Gasteiger partial charge in [0.25, 0.3) is 0 Å². The monoisotopic (exact) mass is 284 g/mol. The summed E-state index contributed by atoms with van der Waals surface area (Å²) >= 11 is 0. The van der Waals surface area contributed by atoms with E-state index in [2.05, 4.69) is 13.0 Å². The number of fused-ring (bicyclic) bond motifs is 5. The predicted molar refractivity (Wildman–Crippen MR) is 79.4 cm³/mol. The summed E-state index contributed by atoms with van der Waals surface area (Å²) in [4.78, 5) is 12.2. The molecule has 3 aliphatic carbocycles. The minimum absolute atomic E-state index is 0.0265. The number of rotatable bonds is 0. The normalized spacial score (nSPS) is 34.0. The van der Waals surface area contributed by atoms with Crippen LogP contribution in [0, 0.1) is 11.3 Å². The van der Waals surface area contributed by atoms with Crippen LogP contribution in [0.3, 0.4) is 0 Å². The summed E-state index contributed by atoms with van der Waals surface area (Å²) in [6.45, 7) is 2.13. The molecule has 2 N–H and O–H groups in total. The largest absolute Gasteiger partial charge is 0.504 e. The molecule has 3 heteroatoms. The zero-order chi connectivity index (χ0) is 14.8. The molecule has 1 aromatic carbocycles. The Morgan fingerprint density at radius 1 is 1.24 bits per heavy atom. The summed E-state index contributed by atoms with van der Waals surface area (Å²) in [5, 5.41) is 19.8. The van der Waals surface area contributed by atoms with Gasteiger partial charge in [0.1, 0.15) is 5.78 Å². The quantitative estimate of drug-likeness (QED) is 0.567. The molecule has 0 bridgehead atoms. The maximum Gasteiger partial charge on any atom is 0.161 e. The third kappa shape index (κ3) is 1.57. The molecule has 4 rings (SSSR count). The molecule has 0 radical (unpaired) electrons. The van der Waals surface area contributed by atoms with E-state index in [0.717, 1.165) is 30.4 Å². The first-order valence-corrected chi connectivity index (χ1v) is 7.79. The molecular weight excluding hydrogens is 264 g/mol. The molecule has 0 spiro atoms. The number of hydrogen-bond acceptors (Lipinski definition) is 3. The second-order valence-corrected chi connectivity index (χ2v) is 6.93. The van der Waals surface area contributed by atoms with Crippen molar-refractivity contribution < 1.29 is 15.0 Å². The van der Waals surface area contributed by atoms with Gasteiger partial charge in [0.2, 0.25) is 0 Å². The highest BCUT2D eigenvalue weighted by Gasteiger charge is 2.52. The van der Waals surface area contributed by atoms with E-state index in [4.69, 9.17) is 0 Å². The molecule has 0 amide bonds. The second-order valence-electron chi connectivity index (χ2n) is 6.93. The molecule has 110 valence electrons. The standard InChI is InChI=1S/C18H20O3/c1-18-9-8-11-10-4-6-15(19)17(21)13(10)3-2-12(11)14(18)5-7-16(18)20/h2,4,6,11,14,19,21H,3,5,7-9H2,1H3. The summed E-state index contributed by atoms with van der Waals surface area (Å²) in [7, 11) is 0. The Morgan fingerprint density at radius 2 is 2.05 bits per heavy atom.